The minimum absolute atomic E-state index is 0.0541. The first kappa shape index (κ1) is 14.3. The standard InChI is InChI=1S/C14H13BrN2O3/c1-20-14-7-6-13(17(18)19)8-10(14)9-16-12-4-2-11(15)3-5-12/h2-8,16H,9H2,1H3. The van der Waals surface area contributed by atoms with Crippen LogP contribution in [-0.2, 0) is 6.54 Å². The number of halogens is 1. The number of anilines is 1. The van der Waals surface area contributed by atoms with E-state index in [1.54, 1.807) is 13.2 Å². The number of benzene rings is 2. The Kier molecular flexibility index (Phi) is 4.57. The van der Waals surface area contributed by atoms with Gasteiger partial charge in [0, 0.05) is 34.4 Å². The summed E-state index contributed by atoms with van der Waals surface area (Å²) in [7, 11) is 1.55. The molecule has 0 aliphatic rings. The molecule has 2 rings (SSSR count). The summed E-state index contributed by atoms with van der Waals surface area (Å²) in [4.78, 5) is 10.4. The summed E-state index contributed by atoms with van der Waals surface area (Å²) in [6.07, 6.45) is 0. The third-order valence-corrected chi connectivity index (χ3v) is 3.33. The molecule has 0 aromatic heterocycles. The fourth-order valence-corrected chi connectivity index (χ4v) is 2.05. The quantitative estimate of drug-likeness (QED) is 0.662. The van der Waals surface area contributed by atoms with Gasteiger partial charge in [-0.1, -0.05) is 15.9 Å². The zero-order valence-corrected chi connectivity index (χ0v) is 12.4. The number of nitro groups is 1. The summed E-state index contributed by atoms with van der Waals surface area (Å²) >= 11 is 3.37. The van der Waals surface area contributed by atoms with Crippen molar-refractivity contribution in [3.05, 3.63) is 62.6 Å². The molecule has 5 nitrogen and oxygen atoms in total. The van der Waals surface area contributed by atoms with Crippen LogP contribution in [0.5, 0.6) is 5.75 Å². The van der Waals surface area contributed by atoms with Crippen LogP contribution in [0.2, 0.25) is 0 Å². The van der Waals surface area contributed by atoms with E-state index in [0.717, 1.165) is 15.7 Å². The summed E-state index contributed by atoms with van der Waals surface area (Å²) in [6, 6.07) is 12.3. The van der Waals surface area contributed by atoms with Crippen molar-refractivity contribution in [3.8, 4) is 5.75 Å². The molecule has 0 atom stereocenters. The second kappa shape index (κ2) is 6.38. The van der Waals surface area contributed by atoms with Gasteiger partial charge < -0.3 is 10.1 Å². The highest BCUT2D eigenvalue weighted by molar-refractivity contribution is 9.10. The molecular weight excluding hydrogens is 324 g/mol. The van der Waals surface area contributed by atoms with E-state index in [2.05, 4.69) is 21.2 Å². The Morgan fingerprint density at radius 3 is 2.55 bits per heavy atom. The van der Waals surface area contributed by atoms with E-state index in [1.807, 2.05) is 24.3 Å². The van der Waals surface area contributed by atoms with Gasteiger partial charge in [-0.15, -0.1) is 0 Å². The van der Waals surface area contributed by atoms with Gasteiger partial charge in [-0.3, -0.25) is 10.1 Å². The Labute approximate surface area is 124 Å². The lowest BCUT2D eigenvalue weighted by atomic mass is 10.1. The smallest absolute Gasteiger partial charge is 0.270 e. The zero-order chi connectivity index (χ0) is 14.5. The van der Waals surface area contributed by atoms with Crippen molar-refractivity contribution in [2.45, 2.75) is 6.54 Å². The molecule has 0 spiro atoms. The van der Waals surface area contributed by atoms with Crippen LogP contribution in [0.4, 0.5) is 11.4 Å². The number of hydrogen-bond donors (Lipinski definition) is 1. The predicted octanol–water partition coefficient (Wildman–Crippen LogP) is 3.98. The number of hydrogen-bond acceptors (Lipinski definition) is 4. The first-order valence-electron chi connectivity index (χ1n) is 5.91. The minimum Gasteiger partial charge on any atom is -0.496 e. The fourth-order valence-electron chi connectivity index (χ4n) is 1.78. The van der Waals surface area contributed by atoms with Gasteiger partial charge in [0.15, 0.2) is 0 Å². The van der Waals surface area contributed by atoms with Gasteiger partial charge in [0.05, 0.1) is 12.0 Å². The van der Waals surface area contributed by atoms with Gasteiger partial charge in [0.2, 0.25) is 0 Å². The van der Waals surface area contributed by atoms with E-state index in [4.69, 9.17) is 4.74 Å². The predicted molar refractivity (Wildman–Crippen MR) is 81.1 cm³/mol. The number of nitrogens with one attached hydrogen (secondary N) is 1. The maximum absolute atomic E-state index is 10.8. The molecular formula is C14H13BrN2O3. The maximum Gasteiger partial charge on any atom is 0.270 e. The molecule has 0 saturated carbocycles. The molecule has 2 aromatic carbocycles. The Morgan fingerprint density at radius 2 is 1.95 bits per heavy atom. The molecule has 6 heteroatoms. The van der Waals surface area contributed by atoms with Gasteiger partial charge in [0.1, 0.15) is 5.75 Å². The molecule has 20 heavy (non-hydrogen) atoms. The number of non-ortho nitro benzene ring substituents is 1. The average molecular weight is 337 g/mol. The summed E-state index contributed by atoms with van der Waals surface area (Å²) in [6.45, 7) is 0.451. The normalized spacial score (nSPS) is 10.1. The van der Waals surface area contributed by atoms with Crippen LogP contribution in [0, 0.1) is 10.1 Å². The van der Waals surface area contributed by atoms with Crippen molar-refractivity contribution < 1.29 is 9.66 Å². The van der Waals surface area contributed by atoms with Crippen molar-refractivity contribution in [1.82, 2.24) is 0 Å². The lowest BCUT2D eigenvalue weighted by Gasteiger charge is -2.10. The van der Waals surface area contributed by atoms with Crippen molar-refractivity contribution in [2.24, 2.45) is 0 Å². The van der Waals surface area contributed by atoms with Crippen LogP contribution in [-0.4, -0.2) is 12.0 Å². The maximum atomic E-state index is 10.8. The zero-order valence-electron chi connectivity index (χ0n) is 10.8. The monoisotopic (exact) mass is 336 g/mol. The van der Waals surface area contributed by atoms with E-state index < -0.39 is 4.92 Å². The van der Waals surface area contributed by atoms with E-state index >= 15 is 0 Å². The molecule has 0 heterocycles. The van der Waals surface area contributed by atoms with Crippen molar-refractivity contribution in [1.29, 1.82) is 0 Å². The lowest BCUT2D eigenvalue weighted by molar-refractivity contribution is -0.384. The Hall–Kier alpha value is -2.08. The lowest BCUT2D eigenvalue weighted by Crippen LogP contribution is -2.02. The van der Waals surface area contributed by atoms with Crippen molar-refractivity contribution >= 4 is 27.3 Å². The van der Waals surface area contributed by atoms with Gasteiger partial charge in [0.25, 0.3) is 5.69 Å². The molecule has 104 valence electrons. The average Bonchev–Trinajstić information content (AvgIpc) is 2.46. The van der Waals surface area contributed by atoms with Gasteiger partial charge in [-0.05, 0) is 30.3 Å². The van der Waals surface area contributed by atoms with Crippen LogP contribution in [0.3, 0.4) is 0 Å². The number of nitrogens with zero attached hydrogens (tertiary/aromatic N) is 1. The summed E-state index contributed by atoms with van der Waals surface area (Å²) < 4.78 is 6.21. The Balaban J connectivity index is 2.16. The van der Waals surface area contributed by atoms with E-state index in [0.29, 0.717) is 12.3 Å². The number of nitro benzene ring substituents is 1. The molecule has 0 aliphatic heterocycles. The van der Waals surface area contributed by atoms with Crippen LogP contribution < -0.4 is 10.1 Å². The topological polar surface area (TPSA) is 64.4 Å². The van der Waals surface area contributed by atoms with Gasteiger partial charge >= 0.3 is 0 Å². The van der Waals surface area contributed by atoms with Crippen LogP contribution in [0.25, 0.3) is 0 Å². The summed E-state index contributed by atoms with van der Waals surface area (Å²) in [5.74, 6) is 0.625. The van der Waals surface area contributed by atoms with Crippen molar-refractivity contribution in [3.63, 3.8) is 0 Å². The van der Waals surface area contributed by atoms with Gasteiger partial charge in [-0.2, -0.15) is 0 Å². The van der Waals surface area contributed by atoms with E-state index in [1.165, 1.54) is 12.1 Å². The third kappa shape index (κ3) is 3.48. The number of ether oxygens (including phenoxy) is 1. The second-order valence-electron chi connectivity index (χ2n) is 4.11. The molecule has 1 N–H and O–H groups in total. The molecule has 0 aliphatic carbocycles. The molecule has 0 unspecified atom stereocenters. The van der Waals surface area contributed by atoms with Crippen LogP contribution in [0.1, 0.15) is 5.56 Å². The van der Waals surface area contributed by atoms with Crippen LogP contribution >= 0.6 is 15.9 Å². The molecule has 0 radical (unpaired) electrons. The number of methoxy groups -OCH3 is 1. The third-order valence-electron chi connectivity index (χ3n) is 2.80. The molecule has 0 bridgehead atoms. The minimum atomic E-state index is -0.414. The Morgan fingerprint density at radius 1 is 1.25 bits per heavy atom. The summed E-state index contributed by atoms with van der Waals surface area (Å²) in [5, 5.41) is 14.0. The SMILES string of the molecule is COc1ccc([N+](=O)[O-])cc1CNc1ccc(Br)cc1. The largest absolute Gasteiger partial charge is 0.496 e. The van der Waals surface area contributed by atoms with E-state index in [-0.39, 0.29) is 5.69 Å². The molecule has 0 amide bonds. The highest BCUT2D eigenvalue weighted by Gasteiger charge is 2.11. The van der Waals surface area contributed by atoms with Crippen molar-refractivity contribution in [2.75, 3.05) is 12.4 Å². The van der Waals surface area contributed by atoms with Crippen LogP contribution in [0.15, 0.2) is 46.9 Å². The molecule has 0 saturated heterocycles. The highest BCUT2D eigenvalue weighted by atomic mass is 79.9. The first-order valence-corrected chi connectivity index (χ1v) is 6.70. The molecule has 2 aromatic rings. The fraction of sp³-hybridized carbons (Fsp3) is 0.143. The summed E-state index contributed by atoms with van der Waals surface area (Å²) in [5.41, 5.74) is 1.73. The first-order chi connectivity index (χ1) is 9.60. The highest BCUT2D eigenvalue weighted by Crippen LogP contribution is 2.25. The van der Waals surface area contributed by atoms with E-state index in [9.17, 15) is 10.1 Å². The second-order valence-corrected chi connectivity index (χ2v) is 5.03. The van der Waals surface area contributed by atoms with Gasteiger partial charge in [-0.25, -0.2) is 0 Å². The number of rotatable bonds is 5. The Bertz CT molecular complexity index is 614. The molecule has 0 fully saturated rings.